The third-order valence-corrected chi connectivity index (χ3v) is 3.66. The van der Waals surface area contributed by atoms with Gasteiger partial charge in [0.05, 0.1) is 23.4 Å². The lowest BCUT2D eigenvalue weighted by Gasteiger charge is -2.16. The summed E-state index contributed by atoms with van der Waals surface area (Å²) in [6.07, 6.45) is 1.93. The number of aliphatic hydroxyl groups excluding tert-OH is 1. The van der Waals surface area contributed by atoms with Crippen molar-refractivity contribution < 1.29 is 5.11 Å². The molecule has 1 atom stereocenters. The maximum atomic E-state index is 9.47. The van der Waals surface area contributed by atoms with Crippen LogP contribution in [-0.2, 0) is 0 Å². The Morgan fingerprint density at radius 3 is 2.88 bits per heavy atom. The summed E-state index contributed by atoms with van der Waals surface area (Å²) in [5, 5.41) is 16.1. The molecule has 0 aliphatic heterocycles. The zero-order valence-electron chi connectivity index (χ0n) is 9.42. The minimum atomic E-state index is -0.530. The van der Waals surface area contributed by atoms with Gasteiger partial charge in [0.2, 0.25) is 0 Å². The van der Waals surface area contributed by atoms with Gasteiger partial charge in [0.1, 0.15) is 0 Å². The lowest BCUT2D eigenvalue weighted by molar-refractivity contribution is 0.211. The van der Waals surface area contributed by atoms with E-state index in [9.17, 15) is 5.11 Å². The molecule has 0 amide bonds. The normalized spacial score (nSPS) is 16.6. The average Bonchev–Trinajstić information content (AvgIpc) is 3.12. The zero-order chi connectivity index (χ0) is 12.3. The van der Waals surface area contributed by atoms with Crippen molar-refractivity contribution in [1.82, 2.24) is 0 Å². The number of hydrogen-bond donors (Lipinski definition) is 3. The van der Waals surface area contributed by atoms with Crippen molar-refractivity contribution in [2.45, 2.75) is 25.0 Å². The Bertz CT molecular complexity index is 385. The van der Waals surface area contributed by atoms with Crippen LogP contribution in [0.4, 0.5) is 11.4 Å². The van der Waals surface area contributed by atoms with E-state index in [-0.39, 0.29) is 5.88 Å². The van der Waals surface area contributed by atoms with Gasteiger partial charge >= 0.3 is 0 Å². The van der Waals surface area contributed by atoms with Crippen LogP contribution >= 0.6 is 27.5 Å². The van der Waals surface area contributed by atoms with Gasteiger partial charge in [0, 0.05) is 17.1 Å². The van der Waals surface area contributed by atoms with E-state index in [2.05, 4.69) is 26.6 Å². The number of para-hydroxylation sites is 1. The molecule has 1 saturated carbocycles. The molecule has 1 aliphatic rings. The van der Waals surface area contributed by atoms with Crippen molar-refractivity contribution in [2.75, 3.05) is 23.1 Å². The number of alkyl halides is 1. The molecule has 0 aromatic heterocycles. The second-order valence-corrected chi connectivity index (χ2v) is 5.43. The molecule has 1 unspecified atom stereocenters. The highest BCUT2D eigenvalue weighted by atomic mass is 79.9. The Morgan fingerprint density at radius 2 is 2.24 bits per heavy atom. The Balaban J connectivity index is 2.06. The predicted molar refractivity (Wildman–Crippen MR) is 76.0 cm³/mol. The molecule has 0 saturated heterocycles. The van der Waals surface area contributed by atoms with E-state index in [0.717, 1.165) is 15.8 Å². The Hall–Kier alpha value is -0.450. The fraction of sp³-hybridized carbons (Fsp3) is 0.500. The second kappa shape index (κ2) is 5.94. The molecule has 0 spiro atoms. The molecule has 17 heavy (non-hydrogen) atoms. The molecule has 1 aromatic rings. The van der Waals surface area contributed by atoms with Crippen LogP contribution in [-0.4, -0.2) is 29.7 Å². The molecule has 0 bridgehead atoms. The lowest BCUT2D eigenvalue weighted by atomic mass is 10.2. The molecule has 0 heterocycles. The highest BCUT2D eigenvalue weighted by molar-refractivity contribution is 9.10. The van der Waals surface area contributed by atoms with Crippen molar-refractivity contribution in [1.29, 1.82) is 0 Å². The van der Waals surface area contributed by atoms with E-state index in [1.54, 1.807) is 0 Å². The van der Waals surface area contributed by atoms with Crippen LogP contribution in [0.1, 0.15) is 12.8 Å². The Morgan fingerprint density at radius 1 is 1.47 bits per heavy atom. The van der Waals surface area contributed by atoms with Crippen LogP contribution in [0.15, 0.2) is 22.7 Å². The van der Waals surface area contributed by atoms with Gasteiger partial charge in [-0.15, -0.1) is 11.6 Å². The van der Waals surface area contributed by atoms with Crippen molar-refractivity contribution in [2.24, 2.45) is 0 Å². The number of benzene rings is 1. The first kappa shape index (κ1) is 13.0. The third-order valence-electron chi connectivity index (χ3n) is 2.64. The molecule has 1 aliphatic carbocycles. The molecule has 3 N–H and O–H groups in total. The average molecular weight is 320 g/mol. The summed E-state index contributed by atoms with van der Waals surface area (Å²) >= 11 is 9.09. The number of halogens is 2. The Labute approximate surface area is 115 Å². The van der Waals surface area contributed by atoms with Crippen LogP contribution in [0.5, 0.6) is 0 Å². The molecule has 3 nitrogen and oxygen atoms in total. The van der Waals surface area contributed by atoms with Gasteiger partial charge in [-0.2, -0.15) is 0 Å². The number of nitrogens with one attached hydrogen (secondary N) is 2. The van der Waals surface area contributed by atoms with Crippen LogP contribution in [0, 0.1) is 0 Å². The molecule has 2 rings (SSSR count). The van der Waals surface area contributed by atoms with E-state index in [4.69, 9.17) is 11.6 Å². The highest BCUT2D eigenvalue weighted by Crippen LogP contribution is 2.34. The zero-order valence-corrected chi connectivity index (χ0v) is 11.8. The van der Waals surface area contributed by atoms with Crippen LogP contribution < -0.4 is 10.6 Å². The standard InChI is InChI=1S/C12H16BrClN2O/c13-10-2-1-3-11(16-8-4-5-8)12(10)15-7-9(17)6-14/h1-3,8-9,15-17H,4-7H2. The molecular weight excluding hydrogens is 304 g/mol. The van der Waals surface area contributed by atoms with E-state index >= 15 is 0 Å². The third kappa shape index (κ3) is 3.76. The SMILES string of the molecule is OC(CCl)CNc1c(Br)cccc1NC1CC1. The quantitative estimate of drug-likeness (QED) is 0.706. The van der Waals surface area contributed by atoms with Gasteiger partial charge in [0.25, 0.3) is 0 Å². The maximum absolute atomic E-state index is 9.47. The summed E-state index contributed by atoms with van der Waals surface area (Å²) in [4.78, 5) is 0. The first-order chi connectivity index (χ1) is 8.20. The topological polar surface area (TPSA) is 44.3 Å². The van der Waals surface area contributed by atoms with Crippen molar-refractivity contribution in [3.8, 4) is 0 Å². The summed E-state index contributed by atoms with van der Waals surface area (Å²) in [5.74, 6) is 0.239. The number of aliphatic hydroxyl groups is 1. The van der Waals surface area contributed by atoms with Gasteiger partial charge in [-0.1, -0.05) is 6.07 Å². The number of anilines is 2. The van der Waals surface area contributed by atoms with Gasteiger partial charge in [-0.25, -0.2) is 0 Å². The minimum Gasteiger partial charge on any atom is -0.390 e. The molecule has 5 heteroatoms. The van der Waals surface area contributed by atoms with Crippen LogP contribution in [0.2, 0.25) is 0 Å². The van der Waals surface area contributed by atoms with Gasteiger partial charge < -0.3 is 15.7 Å². The molecule has 94 valence electrons. The van der Waals surface area contributed by atoms with Gasteiger partial charge in [-0.3, -0.25) is 0 Å². The Kier molecular flexibility index (Phi) is 4.54. The summed E-state index contributed by atoms with van der Waals surface area (Å²) in [6.45, 7) is 0.450. The summed E-state index contributed by atoms with van der Waals surface area (Å²) in [6, 6.07) is 6.62. The van der Waals surface area contributed by atoms with Crippen molar-refractivity contribution >= 4 is 38.9 Å². The summed E-state index contributed by atoms with van der Waals surface area (Å²) < 4.78 is 0.991. The summed E-state index contributed by atoms with van der Waals surface area (Å²) in [5.41, 5.74) is 2.06. The second-order valence-electron chi connectivity index (χ2n) is 4.27. The van der Waals surface area contributed by atoms with Crippen LogP contribution in [0.25, 0.3) is 0 Å². The van der Waals surface area contributed by atoms with Crippen LogP contribution in [0.3, 0.4) is 0 Å². The number of rotatable bonds is 6. The molecule has 1 fully saturated rings. The van der Waals surface area contributed by atoms with E-state index in [0.29, 0.717) is 12.6 Å². The number of hydrogen-bond acceptors (Lipinski definition) is 3. The fourth-order valence-electron chi connectivity index (χ4n) is 1.55. The maximum Gasteiger partial charge on any atom is 0.0847 e. The molecule has 0 radical (unpaired) electrons. The first-order valence-electron chi connectivity index (χ1n) is 5.73. The van der Waals surface area contributed by atoms with Crippen molar-refractivity contribution in [3.05, 3.63) is 22.7 Å². The van der Waals surface area contributed by atoms with E-state index < -0.39 is 6.10 Å². The van der Waals surface area contributed by atoms with E-state index in [1.165, 1.54) is 12.8 Å². The fourth-order valence-corrected chi connectivity index (χ4v) is 2.16. The molecular formula is C12H16BrClN2O. The minimum absolute atomic E-state index is 0.239. The van der Waals surface area contributed by atoms with Gasteiger partial charge in [-0.05, 0) is 40.9 Å². The predicted octanol–water partition coefficient (Wildman–Crippen LogP) is 3.04. The smallest absolute Gasteiger partial charge is 0.0847 e. The molecule has 1 aromatic carbocycles. The van der Waals surface area contributed by atoms with E-state index in [1.807, 2.05) is 18.2 Å². The summed E-state index contributed by atoms with van der Waals surface area (Å²) in [7, 11) is 0. The van der Waals surface area contributed by atoms with Crippen molar-refractivity contribution in [3.63, 3.8) is 0 Å². The highest BCUT2D eigenvalue weighted by Gasteiger charge is 2.22. The monoisotopic (exact) mass is 318 g/mol. The lowest BCUT2D eigenvalue weighted by Crippen LogP contribution is -2.21. The van der Waals surface area contributed by atoms with Gasteiger partial charge in [0.15, 0.2) is 0 Å². The first-order valence-corrected chi connectivity index (χ1v) is 7.06. The largest absolute Gasteiger partial charge is 0.390 e.